The molecule has 0 aromatic heterocycles. The van der Waals surface area contributed by atoms with Crippen molar-refractivity contribution in [2.24, 2.45) is 0 Å². The molecule has 0 aliphatic heterocycles. The summed E-state index contributed by atoms with van der Waals surface area (Å²) in [5, 5.41) is 3.64. The Kier molecular flexibility index (Phi) is 3.89. The molecule has 1 N–H and O–H groups in total. The predicted molar refractivity (Wildman–Crippen MR) is 74.4 cm³/mol. The molecule has 15 heavy (non-hydrogen) atoms. The number of halogens is 1. The van der Waals surface area contributed by atoms with E-state index in [1.54, 1.807) is 0 Å². The second kappa shape index (κ2) is 5.19. The summed E-state index contributed by atoms with van der Waals surface area (Å²) < 4.78 is 1.36. The van der Waals surface area contributed by atoms with Gasteiger partial charge in [0.25, 0.3) is 0 Å². The highest BCUT2D eigenvalue weighted by Crippen LogP contribution is 2.23. The van der Waals surface area contributed by atoms with Gasteiger partial charge in [-0.05, 0) is 60.1 Å². The number of nitrogens with one attached hydrogen (secondary N) is 1. The zero-order valence-corrected chi connectivity index (χ0v) is 11.4. The maximum absolute atomic E-state index is 3.64. The molecule has 0 bridgehead atoms. The number of hydrogen-bond donors (Lipinski definition) is 1. The van der Waals surface area contributed by atoms with Crippen molar-refractivity contribution in [1.29, 1.82) is 0 Å². The standard InChI is InChI=1S/C13H18IN/c1-10-7-8-12(9-13(10)14)15-11-5-3-2-4-6-11/h7-9,11,15H,2-6H2,1H3. The average molecular weight is 315 g/mol. The van der Waals surface area contributed by atoms with Gasteiger partial charge in [-0.25, -0.2) is 0 Å². The second-order valence-electron chi connectivity index (χ2n) is 4.44. The third-order valence-electron chi connectivity index (χ3n) is 3.15. The fraction of sp³-hybridized carbons (Fsp3) is 0.538. The first-order valence-electron chi connectivity index (χ1n) is 5.78. The molecule has 2 rings (SSSR count). The van der Waals surface area contributed by atoms with E-state index in [1.165, 1.54) is 46.9 Å². The highest BCUT2D eigenvalue weighted by molar-refractivity contribution is 14.1. The predicted octanol–water partition coefficient (Wildman–Crippen LogP) is 4.34. The van der Waals surface area contributed by atoms with Gasteiger partial charge in [-0.3, -0.25) is 0 Å². The smallest absolute Gasteiger partial charge is 0.0353 e. The summed E-state index contributed by atoms with van der Waals surface area (Å²) in [7, 11) is 0. The largest absolute Gasteiger partial charge is 0.382 e. The Morgan fingerprint density at radius 3 is 2.60 bits per heavy atom. The van der Waals surface area contributed by atoms with Crippen LogP contribution in [0, 0.1) is 10.5 Å². The summed E-state index contributed by atoms with van der Waals surface area (Å²) in [6, 6.07) is 7.36. The van der Waals surface area contributed by atoms with Crippen molar-refractivity contribution < 1.29 is 0 Å². The minimum Gasteiger partial charge on any atom is -0.382 e. The van der Waals surface area contributed by atoms with E-state index in [9.17, 15) is 0 Å². The average Bonchev–Trinajstić information content (AvgIpc) is 2.25. The summed E-state index contributed by atoms with van der Waals surface area (Å²) in [5.74, 6) is 0. The Balaban J connectivity index is 2.00. The number of aryl methyl sites for hydroxylation is 1. The molecule has 0 radical (unpaired) electrons. The van der Waals surface area contributed by atoms with Gasteiger partial charge in [0.15, 0.2) is 0 Å². The molecule has 0 saturated heterocycles. The number of anilines is 1. The molecule has 1 aliphatic rings. The highest BCUT2D eigenvalue weighted by Gasteiger charge is 2.12. The molecule has 0 unspecified atom stereocenters. The van der Waals surface area contributed by atoms with Crippen molar-refractivity contribution >= 4 is 28.3 Å². The van der Waals surface area contributed by atoms with Crippen molar-refractivity contribution in [3.8, 4) is 0 Å². The van der Waals surface area contributed by atoms with Gasteiger partial charge in [0.05, 0.1) is 0 Å². The second-order valence-corrected chi connectivity index (χ2v) is 5.61. The molecule has 0 atom stereocenters. The lowest BCUT2D eigenvalue weighted by Gasteiger charge is -2.24. The monoisotopic (exact) mass is 315 g/mol. The third-order valence-corrected chi connectivity index (χ3v) is 4.31. The van der Waals surface area contributed by atoms with Gasteiger partial charge in [-0.1, -0.05) is 25.3 Å². The van der Waals surface area contributed by atoms with Crippen LogP contribution < -0.4 is 5.32 Å². The first-order chi connectivity index (χ1) is 7.25. The van der Waals surface area contributed by atoms with Crippen LogP contribution in [0.1, 0.15) is 37.7 Å². The van der Waals surface area contributed by atoms with Gasteiger partial charge in [0.1, 0.15) is 0 Å². The third kappa shape index (κ3) is 3.10. The Morgan fingerprint density at radius 1 is 1.20 bits per heavy atom. The molecule has 1 nitrogen and oxygen atoms in total. The van der Waals surface area contributed by atoms with E-state index in [0.717, 1.165) is 0 Å². The van der Waals surface area contributed by atoms with Crippen LogP contribution in [0.5, 0.6) is 0 Å². The van der Waals surface area contributed by atoms with Gasteiger partial charge >= 0.3 is 0 Å². The van der Waals surface area contributed by atoms with Gasteiger partial charge in [0.2, 0.25) is 0 Å². The molecule has 1 aromatic rings. The molecule has 1 aromatic carbocycles. The normalized spacial score (nSPS) is 17.7. The molecule has 0 heterocycles. The zero-order valence-electron chi connectivity index (χ0n) is 9.22. The van der Waals surface area contributed by atoms with E-state index >= 15 is 0 Å². The van der Waals surface area contributed by atoms with Crippen LogP contribution in [0.25, 0.3) is 0 Å². The number of hydrogen-bond acceptors (Lipinski definition) is 1. The molecule has 1 fully saturated rings. The quantitative estimate of drug-likeness (QED) is 0.800. The number of rotatable bonds is 2. The van der Waals surface area contributed by atoms with Gasteiger partial charge < -0.3 is 5.32 Å². The summed E-state index contributed by atoms with van der Waals surface area (Å²) in [4.78, 5) is 0. The van der Waals surface area contributed by atoms with Crippen LogP contribution in [0.4, 0.5) is 5.69 Å². The van der Waals surface area contributed by atoms with E-state index in [1.807, 2.05) is 0 Å². The molecule has 1 aliphatic carbocycles. The summed E-state index contributed by atoms with van der Waals surface area (Å²) in [5.41, 5.74) is 2.65. The van der Waals surface area contributed by atoms with Gasteiger partial charge in [0, 0.05) is 15.3 Å². The molecular weight excluding hydrogens is 297 g/mol. The molecule has 82 valence electrons. The number of benzene rings is 1. The van der Waals surface area contributed by atoms with E-state index in [4.69, 9.17) is 0 Å². The molecule has 0 spiro atoms. The molecular formula is C13H18IN. The molecule has 1 saturated carbocycles. The van der Waals surface area contributed by atoms with Crippen molar-refractivity contribution in [3.05, 3.63) is 27.3 Å². The van der Waals surface area contributed by atoms with Crippen LogP contribution in [-0.4, -0.2) is 6.04 Å². The molecule has 0 amide bonds. The first kappa shape index (κ1) is 11.2. The Hall–Kier alpha value is -0.250. The van der Waals surface area contributed by atoms with Gasteiger partial charge in [-0.15, -0.1) is 0 Å². The fourth-order valence-electron chi connectivity index (χ4n) is 2.17. The SMILES string of the molecule is Cc1ccc(NC2CCCCC2)cc1I. The van der Waals surface area contributed by atoms with Crippen LogP contribution in [0.3, 0.4) is 0 Å². The van der Waals surface area contributed by atoms with Crippen molar-refractivity contribution in [3.63, 3.8) is 0 Å². The van der Waals surface area contributed by atoms with Gasteiger partial charge in [-0.2, -0.15) is 0 Å². The van der Waals surface area contributed by atoms with Crippen molar-refractivity contribution in [2.45, 2.75) is 45.1 Å². The first-order valence-corrected chi connectivity index (χ1v) is 6.86. The zero-order chi connectivity index (χ0) is 10.7. The van der Waals surface area contributed by atoms with E-state index in [0.29, 0.717) is 6.04 Å². The van der Waals surface area contributed by atoms with Crippen LogP contribution in [0.2, 0.25) is 0 Å². The van der Waals surface area contributed by atoms with Crippen molar-refractivity contribution in [2.75, 3.05) is 5.32 Å². The minimum absolute atomic E-state index is 0.706. The van der Waals surface area contributed by atoms with E-state index in [-0.39, 0.29) is 0 Å². The van der Waals surface area contributed by atoms with E-state index < -0.39 is 0 Å². The maximum Gasteiger partial charge on any atom is 0.0353 e. The summed E-state index contributed by atoms with van der Waals surface area (Å²) >= 11 is 2.40. The van der Waals surface area contributed by atoms with Crippen LogP contribution in [-0.2, 0) is 0 Å². The summed E-state index contributed by atoms with van der Waals surface area (Å²) in [6.45, 7) is 2.16. The minimum atomic E-state index is 0.706. The fourth-order valence-corrected chi connectivity index (χ4v) is 2.68. The highest BCUT2D eigenvalue weighted by atomic mass is 127. The lowest BCUT2D eigenvalue weighted by molar-refractivity contribution is 0.463. The Bertz CT molecular complexity index is 329. The van der Waals surface area contributed by atoms with E-state index in [2.05, 4.69) is 53.0 Å². The summed E-state index contributed by atoms with van der Waals surface area (Å²) in [6.07, 6.45) is 6.87. The maximum atomic E-state index is 3.64. The van der Waals surface area contributed by atoms with Crippen LogP contribution >= 0.6 is 22.6 Å². The van der Waals surface area contributed by atoms with Crippen LogP contribution in [0.15, 0.2) is 18.2 Å². The Labute approximate surface area is 106 Å². The lowest BCUT2D eigenvalue weighted by Crippen LogP contribution is -2.22. The topological polar surface area (TPSA) is 12.0 Å². The molecule has 2 heteroatoms. The van der Waals surface area contributed by atoms with Crippen molar-refractivity contribution in [1.82, 2.24) is 0 Å². The Morgan fingerprint density at radius 2 is 1.93 bits per heavy atom. The lowest BCUT2D eigenvalue weighted by atomic mass is 9.95.